The first-order chi connectivity index (χ1) is 11.1. The van der Waals surface area contributed by atoms with Crippen LogP contribution in [0, 0.1) is 6.92 Å². The number of aryl methyl sites for hydroxylation is 1. The maximum atomic E-state index is 12.7. The number of piperidine rings is 1. The summed E-state index contributed by atoms with van der Waals surface area (Å²) < 4.78 is 0. The molecular weight excluding hydrogens is 286 g/mol. The lowest BCUT2D eigenvalue weighted by Crippen LogP contribution is -2.57. The molecule has 4 heteroatoms. The zero-order valence-electron chi connectivity index (χ0n) is 14.1. The van der Waals surface area contributed by atoms with Crippen LogP contribution in [0.2, 0.25) is 0 Å². The van der Waals surface area contributed by atoms with Gasteiger partial charge in [-0.05, 0) is 56.8 Å². The highest BCUT2D eigenvalue weighted by molar-refractivity contribution is 5.89. The summed E-state index contributed by atoms with van der Waals surface area (Å²) in [6.07, 6.45) is 6.67. The van der Waals surface area contributed by atoms with Gasteiger partial charge in [0.05, 0.1) is 0 Å². The smallest absolute Gasteiger partial charge is 0.321 e. The van der Waals surface area contributed by atoms with Crippen molar-refractivity contribution in [1.82, 2.24) is 9.80 Å². The average Bonchev–Trinajstić information content (AvgIpc) is 2.90. The molecule has 124 valence electrons. The first kappa shape index (κ1) is 16.1. The Labute approximate surface area is 139 Å². The van der Waals surface area contributed by atoms with Gasteiger partial charge in [-0.25, -0.2) is 4.79 Å². The highest BCUT2D eigenvalue weighted by atomic mass is 16.2. The molecule has 0 saturated carbocycles. The summed E-state index contributed by atoms with van der Waals surface area (Å²) in [5, 5.41) is 3.05. The molecule has 0 radical (unpaired) electrons. The maximum Gasteiger partial charge on any atom is 0.321 e. The molecular formula is C19H27N3O. The van der Waals surface area contributed by atoms with Crippen molar-refractivity contribution in [3.05, 3.63) is 42.5 Å². The van der Waals surface area contributed by atoms with E-state index in [1.54, 1.807) is 0 Å². The van der Waals surface area contributed by atoms with Crippen LogP contribution in [0.5, 0.6) is 0 Å². The Bertz CT molecular complexity index is 586. The Morgan fingerprint density at radius 1 is 1.35 bits per heavy atom. The molecule has 2 amide bonds. The first-order valence-corrected chi connectivity index (χ1v) is 8.61. The van der Waals surface area contributed by atoms with E-state index in [1.807, 2.05) is 42.2 Å². The molecule has 1 spiro atoms. The fraction of sp³-hybridized carbons (Fsp3) is 0.526. The number of carbonyl (C=O) groups excluding carboxylic acids is 1. The molecule has 0 aromatic heterocycles. The third-order valence-electron chi connectivity index (χ3n) is 5.20. The molecule has 0 aliphatic carbocycles. The minimum atomic E-state index is 0.0279. The molecule has 1 aromatic rings. The van der Waals surface area contributed by atoms with Gasteiger partial charge in [0.15, 0.2) is 0 Å². The molecule has 2 heterocycles. The van der Waals surface area contributed by atoms with Crippen LogP contribution in [0.25, 0.3) is 0 Å². The van der Waals surface area contributed by atoms with E-state index in [0.29, 0.717) is 0 Å². The molecule has 2 aliphatic heterocycles. The Hall–Kier alpha value is -1.81. The zero-order chi connectivity index (χ0) is 16.3. The number of anilines is 1. The minimum Gasteiger partial charge on any atom is -0.323 e. The summed E-state index contributed by atoms with van der Waals surface area (Å²) in [5.41, 5.74) is 2.20. The summed E-state index contributed by atoms with van der Waals surface area (Å²) in [4.78, 5) is 17.2. The number of hydrogen-bond acceptors (Lipinski definition) is 2. The number of hydrogen-bond donors (Lipinski definition) is 1. The van der Waals surface area contributed by atoms with Crippen LogP contribution in [0.1, 0.15) is 31.2 Å². The molecule has 2 saturated heterocycles. The summed E-state index contributed by atoms with van der Waals surface area (Å²) in [6, 6.07) is 8.00. The van der Waals surface area contributed by atoms with Crippen molar-refractivity contribution in [2.75, 3.05) is 31.5 Å². The van der Waals surface area contributed by atoms with Crippen LogP contribution in [0.4, 0.5) is 10.5 Å². The fourth-order valence-electron chi connectivity index (χ4n) is 4.11. The van der Waals surface area contributed by atoms with Crippen LogP contribution < -0.4 is 5.32 Å². The predicted octanol–water partition coefficient (Wildman–Crippen LogP) is 3.64. The van der Waals surface area contributed by atoms with E-state index in [0.717, 1.165) is 43.9 Å². The summed E-state index contributed by atoms with van der Waals surface area (Å²) in [7, 11) is 0. The number of likely N-dealkylation sites (tertiary alicyclic amines) is 2. The summed E-state index contributed by atoms with van der Waals surface area (Å²) >= 11 is 0. The van der Waals surface area contributed by atoms with Crippen molar-refractivity contribution >= 4 is 11.7 Å². The topological polar surface area (TPSA) is 35.6 Å². The lowest BCUT2D eigenvalue weighted by atomic mass is 9.86. The van der Waals surface area contributed by atoms with E-state index in [1.165, 1.54) is 19.3 Å². The second kappa shape index (κ2) is 6.75. The van der Waals surface area contributed by atoms with E-state index >= 15 is 0 Å². The molecule has 1 atom stereocenters. The fourth-order valence-corrected chi connectivity index (χ4v) is 4.11. The highest BCUT2D eigenvalue weighted by Crippen LogP contribution is 2.37. The number of carbonyl (C=O) groups is 1. The minimum absolute atomic E-state index is 0.0279. The van der Waals surface area contributed by atoms with Crippen LogP contribution in [0.3, 0.4) is 0 Å². The number of nitrogens with one attached hydrogen (secondary N) is 1. The quantitative estimate of drug-likeness (QED) is 0.865. The van der Waals surface area contributed by atoms with Gasteiger partial charge in [-0.1, -0.05) is 18.2 Å². The van der Waals surface area contributed by atoms with Gasteiger partial charge in [0.25, 0.3) is 0 Å². The largest absolute Gasteiger partial charge is 0.323 e. The lowest BCUT2D eigenvalue weighted by Gasteiger charge is -2.45. The van der Waals surface area contributed by atoms with E-state index in [9.17, 15) is 4.79 Å². The van der Waals surface area contributed by atoms with Crippen LogP contribution in [0.15, 0.2) is 36.9 Å². The van der Waals surface area contributed by atoms with Crippen molar-refractivity contribution in [1.29, 1.82) is 0 Å². The van der Waals surface area contributed by atoms with Crippen LogP contribution in [-0.4, -0.2) is 47.5 Å². The van der Waals surface area contributed by atoms with Gasteiger partial charge in [-0.3, -0.25) is 4.90 Å². The zero-order valence-corrected chi connectivity index (χ0v) is 14.1. The SMILES string of the molecule is C=CCN1CCCC12CCCN(C(=O)Nc1cccc(C)c1)C2. The molecule has 0 bridgehead atoms. The number of benzene rings is 1. The van der Waals surface area contributed by atoms with Crippen molar-refractivity contribution in [3.63, 3.8) is 0 Å². The Kier molecular flexibility index (Phi) is 4.71. The van der Waals surface area contributed by atoms with Gasteiger partial charge < -0.3 is 10.2 Å². The molecule has 3 rings (SSSR count). The van der Waals surface area contributed by atoms with Crippen LogP contribution >= 0.6 is 0 Å². The summed E-state index contributed by atoms with van der Waals surface area (Å²) in [6.45, 7) is 9.65. The monoisotopic (exact) mass is 313 g/mol. The Balaban J connectivity index is 1.68. The molecule has 4 nitrogen and oxygen atoms in total. The van der Waals surface area contributed by atoms with Gasteiger partial charge in [-0.2, -0.15) is 0 Å². The highest BCUT2D eigenvalue weighted by Gasteiger charge is 2.44. The normalized spacial score (nSPS) is 24.8. The van der Waals surface area contributed by atoms with Crippen molar-refractivity contribution in [2.45, 2.75) is 38.1 Å². The number of rotatable bonds is 3. The van der Waals surface area contributed by atoms with Crippen molar-refractivity contribution in [2.24, 2.45) is 0 Å². The van der Waals surface area contributed by atoms with Crippen LogP contribution in [-0.2, 0) is 0 Å². The molecule has 1 aromatic carbocycles. The van der Waals surface area contributed by atoms with Gasteiger partial charge in [-0.15, -0.1) is 6.58 Å². The van der Waals surface area contributed by atoms with Crippen molar-refractivity contribution < 1.29 is 4.79 Å². The Morgan fingerprint density at radius 3 is 2.87 bits per heavy atom. The van der Waals surface area contributed by atoms with Gasteiger partial charge in [0.2, 0.25) is 0 Å². The molecule has 2 aliphatic rings. The van der Waals surface area contributed by atoms with E-state index in [-0.39, 0.29) is 11.6 Å². The second-order valence-electron chi connectivity index (χ2n) is 6.89. The molecule has 23 heavy (non-hydrogen) atoms. The first-order valence-electron chi connectivity index (χ1n) is 8.61. The van der Waals surface area contributed by atoms with E-state index in [4.69, 9.17) is 0 Å². The van der Waals surface area contributed by atoms with E-state index in [2.05, 4.69) is 16.8 Å². The van der Waals surface area contributed by atoms with Gasteiger partial charge >= 0.3 is 6.03 Å². The van der Waals surface area contributed by atoms with Gasteiger partial charge in [0.1, 0.15) is 0 Å². The lowest BCUT2D eigenvalue weighted by molar-refractivity contribution is 0.0670. The third-order valence-corrected chi connectivity index (χ3v) is 5.20. The standard InChI is InChI=1S/C19H27N3O/c1-3-11-22-13-6-10-19(22)9-5-12-21(15-19)18(23)20-17-8-4-7-16(2)14-17/h3-4,7-8,14H,1,5-6,9-13,15H2,2H3,(H,20,23). The number of amides is 2. The van der Waals surface area contributed by atoms with Crippen molar-refractivity contribution in [3.8, 4) is 0 Å². The summed E-state index contributed by atoms with van der Waals surface area (Å²) in [5.74, 6) is 0. The number of urea groups is 1. The average molecular weight is 313 g/mol. The van der Waals surface area contributed by atoms with Gasteiger partial charge in [0, 0.05) is 30.9 Å². The maximum absolute atomic E-state index is 12.7. The molecule has 1 N–H and O–H groups in total. The number of nitrogens with zero attached hydrogens (tertiary/aromatic N) is 2. The third kappa shape index (κ3) is 3.42. The molecule has 2 fully saturated rings. The Morgan fingerprint density at radius 2 is 2.13 bits per heavy atom. The molecule has 1 unspecified atom stereocenters. The van der Waals surface area contributed by atoms with E-state index < -0.39 is 0 Å². The predicted molar refractivity (Wildman–Crippen MR) is 94.7 cm³/mol. The second-order valence-corrected chi connectivity index (χ2v) is 6.89.